The molecule has 0 saturated heterocycles. The first-order valence-corrected chi connectivity index (χ1v) is 7.50. The third kappa shape index (κ3) is 2.55. The largest absolute Gasteiger partial charge is 0.314 e. The number of halogens is 2. The summed E-state index contributed by atoms with van der Waals surface area (Å²) in [6, 6.07) is 5.67. The highest BCUT2D eigenvalue weighted by atomic mass is 35.5. The van der Waals surface area contributed by atoms with Crippen LogP contribution in [0, 0.1) is 0 Å². The first kappa shape index (κ1) is 13.9. The summed E-state index contributed by atoms with van der Waals surface area (Å²) in [5.41, 5.74) is 0.920. The minimum atomic E-state index is 0.113. The van der Waals surface area contributed by atoms with Gasteiger partial charge >= 0.3 is 0 Å². The normalized spacial score (nSPS) is 15.3. The highest BCUT2D eigenvalue weighted by Crippen LogP contribution is 2.25. The molecule has 4 nitrogen and oxygen atoms in total. The zero-order chi connectivity index (χ0) is 14.1. The van der Waals surface area contributed by atoms with Crippen molar-refractivity contribution < 1.29 is 0 Å². The van der Waals surface area contributed by atoms with Crippen molar-refractivity contribution in [3.8, 4) is 0 Å². The van der Waals surface area contributed by atoms with Crippen molar-refractivity contribution in [2.24, 2.45) is 0 Å². The van der Waals surface area contributed by atoms with Crippen molar-refractivity contribution in [2.45, 2.75) is 38.9 Å². The second-order valence-electron chi connectivity index (χ2n) is 5.03. The predicted octanol–water partition coefficient (Wildman–Crippen LogP) is 3.38. The van der Waals surface area contributed by atoms with Crippen molar-refractivity contribution in [3.63, 3.8) is 0 Å². The van der Waals surface area contributed by atoms with E-state index in [1.54, 1.807) is 0 Å². The van der Waals surface area contributed by atoms with E-state index in [2.05, 4.69) is 27.0 Å². The molecule has 0 radical (unpaired) electrons. The number of aryl methyl sites for hydroxylation is 1. The van der Waals surface area contributed by atoms with Crippen LogP contribution in [0.1, 0.15) is 36.6 Å². The zero-order valence-electron chi connectivity index (χ0n) is 11.2. The van der Waals surface area contributed by atoms with Crippen LogP contribution in [0.25, 0.3) is 0 Å². The molecular weight excluding hydrogens is 295 g/mol. The molecule has 1 aromatic heterocycles. The summed E-state index contributed by atoms with van der Waals surface area (Å²) < 4.78 is 2.20. The van der Waals surface area contributed by atoms with Gasteiger partial charge in [0.2, 0.25) is 0 Å². The lowest BCUT2D eigenvalue weighted by Crippen LogP contribution is -2.22. The van der Waals surface area contributed by atoms with Crippen LogP contribution >= 0.6 is 23.2 Å². The molecule has 0 amide bonds. The molecule has 0 fully saturated rings. The topological polar surface area (TPSA) is 42.7 Å². The van der Waals surface area contributed by atoms with Crippen LogP contribution in [0.5, 0.6) is 0 Å². The predicted molar refractivity (Wildman–Crippen MR) is 80.1 cm³/mol. The van der Waals surface area contributed by atoms with Crippen LogP contribution in [0.4, 0.5) is 0 Å². The average molecular weight is 311 g/mol. The number of benzene rings is 1. The molecule has 0 spiro atoms. The molecule has 1 atom stereocenters. The molecule has 1 unspecified atom stereocenters. The Hall–Kier alpha value is -1.10. The molecule has 1 aromatic carbocycles. The number of hydrogen-bond donors (Lipinski definition) is 1. The van der Waals surface area contributed by atoms with Gasteiger partial charge in [0.1, 0.15) is 11.6 Å². The summed E-state index contributed by atoms with van der Waals surface area (Å²) in [5, 5.41) is 13.3. The average Bonchev–Trinajstić information content (AvgIpc) is 3.00. The molecule has 1 N–H and O–H groups in total. The first-order valence-electron chi connectivity index (χ1n) is 6.75. The van der Waals surface area contributed by atoms with Gasteiger partial charge in [-0.1, -0.05) is 29.3 Å². The standard InChI is InChI=1S/C14H16Cl2N4/c1-9(14-19-18-13-6-3-7-20(13)14)17-8-10-11(15)4-2-5-12(10)16/h2,4-5,9,17H,3,6-8H2,1H3. The summed E-state index contributed by atoms with van der Waals surface area (Å²) in [6.07, 6.45) is 2.18. The monoisotopic (exact) mass is 310 g/mol. The minimum Gasteiger partial charge on any atom is -0.314 e. The van der Waals surface area contributed by atoms with Crippen LogP contribution in [0.15, 0.2) is 18.2 Å². The first-order chi connectivity index (χ1) is 9.66. The molecule has 3 rings (SSSR count). The van der Waals surface area contributed by atoms with Gasteiger partial charge in [-0.15, -0.1) is 10.2 Å². The lowest BCUT2D eigenvalue weighted by atomic mass is 10.2. The molecule has 0 bridgehead atoms. The van der Waals surface area contributed by atoms with Crippen molar-refractivity contribution in [1.29, 1.82) is 0 Å². The maximum atomic E-state index is 6.17. The molecule has 0 saturated carbocycles. The van der Waals surface area contributed by atoms with Crippen LogP contribution in [0.3, 0.4) is 0 Å². The second kappa shape index (κ2) is 5.72. The van der Waals surface area contributed by atoms with Gasteiger partial charge in [-0.3, -0.25) is 0 Å². The molecule has 2 aromatic rings. The van der Waals surface area contributed by atoms with Crippen molar-refractivity contribution in [2.75, 3.05) is 0 Å². The molecule has 0 aliphatic carbocycles. The number of hydrogen-bond acceptors (Lipinski definition) is 3. The Morgan fingerprint density at radius 3 is 2.80 bits per heavy atom. The van der Waals surface area contributed by atoms with E-state index in [1.165, 1.54) is 0 Å². The van der Waals surface area contributed by atoms with E-state index in [0.717, 1.165) is 36.6 Å². The Balaban J connectivity index is 1.72. The zero-order valence-corrected chi connectivity index (χ0v) is 12.7. The Morgan fingerprint density at radius 1 is 1.30 bits per heavy atom. The van der Waals surface area contributed by atoms with E-state index in [-0.39, 0.29) is 6.04 Å². The number of aromatic nitrogens is 3. The van der Waals surface area contributed by atoms with Gasteiger partial charge in [-0.05, 0) is 25.5 Å². The summed E-state index contributed by atoms with van der Waals surface area (Å²) in [5.74, 6) is 2.07. The maximum absolute atomic E-state index is 6.17. The number of nitrogens with zero attached hydrogens (tertiary/aromatic N) is 3. The lowest BCUT2D eigenvalue weighted by molar-refractivity contribution is 0.516. The fraction of sp³-hybridized carbons (Fsp3) is 0.429. The van der Waals surface area contributed by atoms with Gasteiger partial charge in [-0.2, -0.15) is 0 Å². The Kier molecular flexibility index (Phi) is 3.96. The Labute approximate surface area is 128 Å². The van der Waals surface area contributed by atoms with Crippen LogP contribution < -0.4 is 5.32 Å². The highest BCUT2D eigenvalue weighted by Gasteiger charge is 2.21. The van der Waals surface area contributed by atoms with Gasteiger partial charge in [0.15, 0.2) is 0 Å². The number of nitrogens with one attached hydrogen (secondary N) is 1. The SMILES string of the molecule is CC(NCc1c(Cl)cccc1Cl)c1nnc2n1CCC2. The number of rotatable bonds is 4. The summed E-state index contributed by atoms with van der Waals surface area (Å²) in [4.78, 5) is 0. The van der Waals surface area contributed by atoms with E-state index < -0.39 is 0 Å². The lowest BCUT2D eigenvalue weighted by Gasteiger charge is -2.15. The third-order valence-electron chi connectivity index (χ3n) is 3.67. The molecule has 2 heterocycles. The second-order valence-corrected chi connectivity index (χ2v) is 5.85. The molecule has 6 heteroatoms. The van der Waals surface area contributed by atoms with E-state index >= 15 is 0 Å². The number of fused-ring (bicyclic) bond motifs is 1. The maximum Gasteiger partial charge on any atom is 0.149 e. The summed E-state index contributed by atoms with van der Waals surface area (Å²) >= 11 is 12.3. The van der Waals surface area contributed by atoms with Gasteiger partial charge in [0.25, 0.3) is 0 Å². The van der Waals surface area contributed by atoms with Crippen LogP contribution in [-0.2, 0) is 19.5 Å². The molecule has 106 valence electrons. The van der Waals surface area contributed by atoms with E-state index in [0.29, 0.717) is 16.6 Å². The van der Waals surface area contributed by atoms with E-state index in [4.69, 9.17) is 23.2 Å². The molecule has 20 heavy (non-hydrogen) atoms. The van der Waals surface area contributed by atoms with Crippen LogP contribution in [0.2, 0.25) is 10.0 Å². The fourth-order valence-corrected chi connectivity index (χ4v) is 3.07. The van der Waals surface area contributed by atoms with Crippen molar-refractivity contribution in [1.82, 2.24) is 20.1 Å². The minimum absolute atomic E-state index is 0.113. The van der Waals surface area contributed by atoms with Gasteiger partial charge in [0, 0.05) is 35.1 Å². The van der Waals surface area contributed by atoms with Gasteiger partial charge in [-0.25, -0.2) is 0 Å². The van der Waals surface area contributed by atoms with Crippen molar-refractivity contribution in [3.05, 3.63) is 45.5 Å². The smallest absolute Gasteiger partial charge is 0.149 e. The summed E-state index contributed by atoms with van der Waals surface area (Å²) in [7, 11) is 0. The third-order valence-corrected chi connectivity index (χ3v) is 4.38. The fourth-order valence-electron chi connectivity index (χ4n) is 2.54. The van der Waals surface area contributed by atoms with Crippen molar-refractivity contribution >= 4 is 23.2 Å². The molecule has 1 aliphatic heterocycles. The summed E-state index contributed by atoms with van der Waals surface area (Å²) in [6.45, 7) is 3.71. The Bertz CT molecular complexity index is 603. The molecular formula is C14H16Cl2N4. The van der Waals surface area contributed by atoms with Gasteiger partial charge < -0.3 is 9.88 Å². The molecule has 1 aliphatic rings. The Morgan fingerprint density at radius 2 is 2.05 bits per heavy atom. The van der Waals surface area contributed by atoms with Crippen LogP contribution in [-0.4, -0.2) is 14.8 Å². The quantitative estimate of drug-likeness (QED) is 0.941. The van der Waals surface area contributed by atoms with E-state index in [9.17, 15) is 0 Å². The van der Waals surface area contributed by atoms with Gasteiger partial charge in [0.05, 0.1) is 6.04 Å². The van der Waals surface area contributed by atoms with E-state index in [1.807, 2.05) is 18.2 Å². The highest BCUT2D eigenvalue weighted by molar-refractivity contribution is 6.35.